The number of hydrogen-bond donors (Lipinski definition) is 0. The fraction of sp³-hybridized carbons (Fsp3) is 0.188. The molecule has 0 saturated heterocycles. The molecule has 0 aliphatic heterocycles. The average molecular weight is 339 g/mol. The molecule has 0 amide bonds. The van der Waals surface area contributed by atoms with Gasteiger partial charge >= 0.3 is 6.18 Å². The van der Waals surface area contributed by atoms with Crippen molar-refractivity contribution in [3.8, 4) is 6.07 Å². The van der Waals surface area contributed by atoms with Crippen LogP contribution in [0.15, 0.2) is 48.5 Å². The molecule has 0 spiro atoms. The van der Waals surface area contributed by atoms with Gasteiger partial charge in [-0.2, -0.15) is 18.4 Å². The highest BCUT2D eigenvalue weighted by atomic mass is 32.2. The van der Waals surface area contributed by atoms with Gasteiger partial charge in [0.1, 0.15) is 0 Å². The van der Waals surface area contributed by atoms with Crippen molar-refractivity contribution in [1.82, 2.24) is 0 Å². The van der Waals surface area contributed by atoms with Crippen LogP contribution in [0.4, 0.5) is 13.2 Å². The molecule has 2 aromatic carbocycles. The van der Waals surface area contributed by atoms with Crippen molar-refractivity contribution in [3.63, 3.8) is 0 Å². The summed E-state index contributed by atoms with van der Waals surface area (Å²) in [4.78, 5) is 0. The van der Waals surface area contributed by atoms with Crippen LogP contribution >= 0.6 is 0 Å². The fourth-order valence-electron chi connectivity index (χ4n) is 2.14. The van der Waals surface area contributed by atoms with Gasteiger partial charge < -0.3 is 0 Å². The number of benzene rings is 2. The minimum atomic E-state index is -4.60. The second-order valence-corrected chi connectivity index (χ2v) is 7.06. The lowest BCUT2D eigenvalue weighted by atomic mass is 10.1. The largest absolute Gasteiger partial charge is 0.416 e. The Morgan fingerprint density at radius 1 is 0.957 bits per heavy atom. The third-order valence-electron chi connectivity index (χ3n) is 3.17. The smallest absolute Gasteiger partial charge is 0.228 e. The zero-order chi connectivity index (χ0) is 17.1. The molecule has 0 unspecified atom stereocenters. The minimum absolute atomic E-state index is 0.270. The molecule has 0 saturated carbocycles. The van der Waals surface area contributed by atoms with E-state index in [9.17, 15) is 21.6 Å². The lowest BCUT2D eigenvalue weighted by Gasteiger charge is -2.13. The van der Waals surface area contributed by atoms with Gasteiger partial charge in [-0.25, -0.2) is 8.42 Å². The highest BCUT2D eigenvalue weighted by Crippen LogP contribution is 2.32. The van der Waals surface area contributed by atoms with Crippen LogP contribution in [0, 0.1) is 11.3 Å². The van der Waals surface area contributed by atoms with Crippen LogP contribution in [-0.4, -0.2) is 8.42 Å². The number of sulfone groups is 1. The third-order valence-corrected chi connectivity index (χ3v) is 4.69. The molecule has 3 nitrogen and oxygen atoms in total. The van der Waals surface area contributed by atoms with Gasteiger partial charge in [0.25, 0.3) is 0 Å². The maximum absolute atomic E-state index is 12.9. The fourth-order valence-corrected chi connectivity index (χ4v) is 3.67. The van der Waals surface area contributed by atoms with Crippen LogP contribution < -0.4 is 0 Å². The van der Waals surface area contributed by atoms with Gasteiger partial charge in [-0.05, 0) is 29.3 Å². The topological polar surface area (TPSA) is 57.9 Å². The number of halogens is 3. The molecule has 2 aromatic rings. The van der Waals surface area contributed by atoms with Gasteiger partial charge in [0.05, 0.1) is 28.7 Å². The molecule has 2 rings (SSSR count). The van der Waals surface area contributed by atoms with Crippen LogP contribution in [0.5, 0.6) is 0 Å². The van der Waals surface area contributed by atoms with Crippen LogP contribution in [0.2, 0.25) is 0 Å². The number of hydrogen-bond acceptors (Lipinski definition) is 3. The third kappa shape index (κ3) is 4.57. The Balaban J connectivity index is 2.23. The Morgan fingerprint density at radius 3 is 2.13 bits per heavy atom. The standard InChI is InChI=1S/C16H12F3NO2S/c17-16(18,19)15-4-2-1-3-14(15)11-23(21,22)10-13-7-5-12(9-20)6-8-13/h1-8H,10-11H2. The van der Waals surface area contributed by atoms with Gasteiger partial charge in [0.15, 0.2) is 9.84 Å². The van der Waals surface area contributed by atoms with Crippen LogP contribution in [-0.2, 0) is 27.5 Å². The van der Waals surface area contributed by atoms with Gasteiger partial charge in [-0.1, -0.05) is 30.3 Å². The first-order valence-electron chi connectivity index (χ1n) is 6.56. The van der Waals surface area contributed by atoms with Gasteiger partial charge in [0.2, 0.25) is 0 Å². The molecule has 0 bridgehead atoms. The zero-order valence-electron chi connectivity index (χ0n) is 11.8. The normalized spacial score (nSPS) is 11.9. The number of rotatable bonds is 4. The molecule has 0 aromatic heterocycles. The summed E-state index contributed by atoms with van der Waals surface area (Å²) in [6, 6.07) is 12.4. The Kier molecular flexibility index (Phi) is 4.76. The van der Waals surface area contributed by atoms with E-state index in [2.05, 4.69) is 0 Å². The molecule has 120 valence electrons. The molecular weight excluding hydrogens is 327 g/mol. The van der Waals surface area contributed by atoms with E-state index in [-0.39, 0.29) is 11.3 Å². The SMILES string of the molecule is N#Cc1ccc(CS(=O)(=O)Cc2ccccc2C(F)(F)F)cc1. The molecule has 0 radical (unpaired) electrons. The lowest BCUT2D eigenvalue weighted by Crippen LogP contribution is -2.14. The summed E-state index contributed by atoms with van der Waals surface area (Å²) >= 11 is 0. The Morgan fingerprint density at radius 2 is 1.57 bits per heavy atom. The summed E-state index contributed by atoms with van der Waals surface area (Å²) in [5, 5.41) is 8.69. The van der Waals surface area contributed by atoms with Crippen molar-refractivity contribution >= 4 is 9.84 Å². The summed E-state index contributed by atoms with van der Waals surface area (Å²) in [6.45, 7) is 0. The lowest BCUT2D eigenvalue weighted by molar-refractivity contribution is -0.138. The summed E-state index contributed by atoms with van der Waals surface area (Å²) in [5.74, 6) is -1.08. The van der Waals surface area contributed by atoms with Crippen LogP contribution in [0.25, 0.3) is 0 Å². The first kappa shape index (κ1) is 17.0. The molecule has 0 atom stereocenters. The molecule has 0 N–H and O–H groups in total. The maximum Gasteiger partial charge on any atom is 0.416 e. The van der Waals surface area contributed by atoms with E-state index in [4.69, 9.17) is 5.26 Å². The first-order valence-corrected chi connectivity index (χ1v) is 8.38. The van der Waals surface area contributed by atoms with Crippen molar-refractivity contribution < 1.29 is 21.6 Å². The monoisotopic (exact) mass is 339 g/mol. The van der Waals surface area contributed by atoms with E-state index < -0.39 is 27.3 Å². The van der Waals surface area contributed by atoms with Crippen LogP contribution in [0.1, 0.15) is 22.3 Å². The van der Waals surface area contributed by atoms with Crippen molar-refractivity contribution in [2.75, 3.05) is 0 Å². The number of nitrogens with zero attached hydrogens (tertiary/aromatic N) is 1. The molecule has 0 heterocycles. The highest BCUT2D eigenvalue weighted by molar-refractivity contribution is 7.89. The van der Waals surface area contributed by atoms with Crippen molar-refractivity contribution in [3.05, 3.63) is 70.8 Å². The van der Waals surface area contributed by atoms with Gasteiger partial charge in [-0.15, -0.1) is 0 Å². The first-order chi connectivity index (χ1) is 10.7. The van der Waals surface area contributed by atoms with Gasteiger partial charge in [0, 0.05) is 0 Å². The second kappa shape index (κ2) is 6.42. The van der Waals surface area contributed by atoms with E-state index in [1.54, 1.807) is 0 Å². The quantitative estimate of drug-likeness (QED) is 0.853. The molecule has 23 heavy (non-hydrogen) atoms. The predicted molar refractivity (Wildman–Crippen MR) is 78.9 cm³/mol. The summed E-state index contributed by atoms with van der Waals surface area (Å²) in [6.07, 6.45) is -4.60. The second-order valence-electron chi connectivity index (χ2n) is 5.00. The zero-order valence-corrected chi connectivity index (χ0v) is 12.7. The Labute approximate surface area is 131 Å². The number of alkyl halides is 3. The maximum atomic E-state index is 12.9. The summed E-state index contributed by atoms with van der Waals surface area (Å²) in [5.41, 5.74) is -0.404. The van der Waals surface area contributed by atoms with E-state index in [1.807, 2.05) is 6.07 Å². The molecule has 7 heteroatoms. The van der Waals surface area contributed by atoms with E-state index in [0.29, 0.717) is 11.1 Å². The summed E-state index contributed by atoms with van der Waals surface area (Å²) in [7, 11) is -3.77. The number of nitriles is 1. The highest BCUT2D eigenvalue weighted by Gasteiger charge is 2.33. The van der Waals surface area contributed by atoms with Crippen molar-refractivity contribution in [2.24, 2.45) is 0 Å². The molecule has 0 aliphatic carbocycles. The molecule has 0 fully saturated rings. The summed E-state index contributed by atoms with van der Waals surface area (Å²) < 4.78 is 63.1. The average Bonchev–Trinajstić information content (AvgIpc) is 2.46. The molecular formula is C16H12F3NO2S. The van der Waals surface area contributed by atoms with E-state index in [0.717, 1.165) is 6.07 Å². The predicted octanol–water partition coefficient (Wildman–Crippen LogP) is 3.69. The van der Waals surface area contributed by atoms with Crippen LogP contribution in [0.3, 0.4) is 0 Å². The Hall–Kier alpha value is -2.33. The van der Waals surface area contributed by atoms with Gasteiger partial charge in [-0.3, -0.25) is 0 Å². The van der Waals surface area contributed by atoms with E-state index >= 15 is 0 Å². The molecule has 0 aliphatic rings. The van der Waals surface area contributed by atoms with E-state index in [1.165, 1.54) is 42.5 Å². The van der Waals surface area contributed by atoms with Crippen molar-refractivity contribution in [2.45, 2.75) is 17.7 Å². The Bertz CT molecular complexity index is 835. The van der Waals surface area contributed by atoms with Crippen molar-refractivity contribution in [1.29, 1.82) is 5.26 Å². The minimum Gasteiger partial charge on any atom is -0.228 e.